The molecule has 0 radical (unpaired) electrons. The van der Waals surface area contributed by atoms with E-state index >= 15 is 0 Å². The Morgan fingerprint density at radius 3 is 2.75 bits per heavy atom. The summed E-state index contributed by atoms with van der Waals surface area (Å²) in [6.07, 6.45) is 1.93. The number of primary amides is 1. The molecule has 1 fully saturated rings. The lowest BCUT2D eigenvalue weighted by atomic mass is 10.1. The summed E-state index contributed by atoms with van der Waals surface area (Å²) in [5.41, 5.74) is 4.78. The summed E-state index contributed by atoms with van der Waals surface area (Å²) in [6, 6.07) is 0.0544. The summed E-state index contributed by atoms with van der Waals surface area (Å²) in [6.45, 7) is 1.70. The minimum absolute atomic E-state index is 0.0544. The van der Waals surface area contributed by atoms with Gasteiger partial charge in [-0.15, -0.1) is 0 Å². The third-order valence-corrected chi connectivity index (χ3v) is 1.86. The first-order valence-corrected chi connectivity index (χ1v) is 4.01. The van der Waals surface area contributed by atoms with E-state index in [0.29, 0.717) is 0 Å². The molecule has 4 N–H and O–H groups in total. The third-order valence-electron chi connectivity index (χ3n) is 1.86. The lowest BCUT2D eigenvalue weighted by Crippen LogP contribution is -2.49. The van der Waals surface area contributed by atoms with Gasteiger partial charge in [-0.1, -0.05) is 0 Å². The third kappa shape index (κ3) is 2.50. The second-order valence-electron chi connectivity index (χ2n) is 2.88. The van der Waals surface area contributed by atoms with E-state index in [1.807, 2.05) is 0 Å². The van der Waals surface area contributed by atoms with Crippen LogP contribution in [-0.4, -0.2) is 30.9 Å². The lowest BCUT2D eigenvalue weighted by Gasteiger charge is -2.22. The topological polar surface area (TPSA) is 84.2 Å². The summed E-state index contributed by atoms with van der Waals surface area (Å²) in [7, 11) is 0. The monoisotopic (exact) mass is 171 g/mol. The molecule has 5 heteroatoms. The number of hydrogen-bond donors (Lipinski definition) is 3. The van der Waals surface area contributed by atoms with E-state index in [1.54, 1.807) is 0 Å². The standard InChI is InChI=1S/C7H13N3O2/c8-6(11)7(12)10-5-2-1-3-9-4-5/h5,9H,1-4H2,(H2,8,11)(H,10,12)/t5-/m1/s1. The highest BCUT2D eigenvalue weighted by atomic mass is 16.2. The van der Waals surface area contributed by atoms with Gasteiger partial charge >= 0.3 is 11.8 Å². The summed E-state index contributed by atoms with van der Waals surface area (Å²) >= 11 is 0. The van der Waals surface area contributed by atoms with Crippen LogP contribution in [0.1, 0.15) is 12.8 Å². The van der Waals surface area contributed by atoms with Gasteiger partial charge in [0.15, 0.2) is 0 Å². The smallest absolute Gasteiger partial charge is 0.309 e. The SMILES string of the molecule is NC(=O)C(=O)N[C@@H]1CCCNC1. The van der Waals surface area contributed by atoms with Gasteiger partial charge in [0.1, 0.15) is 0 Å². The Balaban J connectivity index is 2.29. The molecule has 1 aliphatic rings. The number of nitrogens with two attached hydrogens (primary N) is 1. The zero-order valence-corrected chi connectivity index (χ0v) is 6.80. The average molecular weight is 171 g/mol. The fourth-order valence-corrected chi connectivity index (χ4v) is 1.23. The first-order valence-electron chi connectivity index (χ1n) is 4.01. The van der Waals surface area contributed by atoms with Crippen LogP contribution in [0.4, 0.5) is 0 Å². The van der Waals surface area contributed by atoms with E-state index in [-0.39, 0.29) is 6.04 Å². The van der Waals surface area contributed by atoms with Crippen molar-refractivity contribution in [2.24, 2.45) is 5.73 Å². The molecule has 1 atom stereocenters. The van der Waals surface area contributed by atoms with Crippen LogP contribution in [0.3, 0.4) is 0 Å². The molecule has 0 spiro atoms. The number of amides is 2. The van der Waals surface area contributed by atoms with Crippen molar-refractivity contribution < 1.29 is 9.59 Å². The number of nitrogens with one attached hydrogen (secondary N) is 2. The molecule has 0 aromatic heterocycles. The summed E-state index contributed by atoms with van der Waals surface area (Å²) < 4.78 is 0. The van der Waals surface area contributed by atoms with Crippen LogP contribution in [0.25, 0.3) is 0 Å². The second-order valence-corrected chi connectivity index (χ2v) is 2.88. The Labute approximate surface area is 70.7 Å². The molecule has 68 valence electrons. The molecule has 1 rings (SSSR count). The van der Waals surface area contributed by atoms with Gasteiger partial charge in [0, 0.05) is 12.6 Å². The molecule has 0 bridgehead atoms. The summed E-state index contributed by atoms with van der Waals surface area (Å²) in [5.74, 6) is -1.61. The molecule has 5 nitrogen and oxygen atoms in total. The number of piperidine rings is 1. The Bertz CT molecular complexity index is 187. The van der Waals surface area contributed by atoms with E-state index in [2.05, 4.69) is 10.6 Å². The molecule has 0 saturated carbocycles. The Hall–Kier alpha value is -1.10. The van der Waals surface area contributed by atoms with Crippen molar-refractivity contribution in [3.8, 4) is 0 Å². The molecule has 1 aliphatic heterocycles. The summed E-state index contributed by atoms with van der Waals surface area (Å²) in [4.78, 5) is 21.2. The van der Waals surface area contributed by atoms with Gasteiger partial charge in [0.25, 0.3) is 0 Å². The van der Waals surface area contributed by atoms with E-state index in [1.165, 1.54) is 0 Å². The van der Waals surface area contributed by atoms with E-state index in [9.17, 15) is 9.59 Å². The van der Waals surface area contributed by atoms with Crippen LogP contribution >= 0.6 is 0 Å². The van der Waals surface area contributed by atoms with Crippen LogP contribution in [0.15, 0.2) is 0 Å². The predicted octanol–water partition coefficient (Wildman–Crippen LogP) is -1.66. The lowest BCUT2D eigenvalue weighted by molar-refractivity contribution is -0.137. The summed E-state index contributed by atoms with van der Waals surface area (Å²) in [5, 5.41) is 5.65. The molecule has 0 aromatic rings. The molecule has 2 amide bonds. The van der Waals surface area contributed by atoms with Gasteiger partial charge in [-0.3, -0.25) is 9.59 Å². The highest BCUT2D eigenvalue weighted by Crippen LogP contribution is 2.00. The maximum Gasteiger partial charge on any atom is 0.309 e. The van der Waals surface area contributed by atoms with Crippen molar-refractivity contribution in [1.82, 2.24) is 10.6 Å². The first kappa shape index (κ1) is 8.99. The molecular weight excluding hydrogens is 158 g/mol. The van der Waals surface area contributed by atoms with E-state index in [0.717, 1.165) is 25.9 Å². The molecule has 0 aromatic carbocycles. The minimum atomic E-state index is -0.916. The quantitative estimate of drug-likeness (QED) is 0.413. The molecule has 0 aliphatic carbocycles. The van der Waals surface area contributed by atoms with Crippen molar-refractivity contribution in [1.29, 1.82) is 0 Å². The predicted molar refractivity (Wildman–Crippen MR) is 43.2 cm³/mol. The number of carbonyl (C=O) groups is 2. The van der Waals surface area contributed by atoms with Crippen LogP contribution < -0.4 is 16.4 Å². The van der Waals surface area contributed by atoms with Gasteiger partial charge in [0.05, 0.1) is 0 Å². The number of carbonyl (C=O) groups excluding carboxylic acids is 2. The largest absolute Gasteiger partial charge is 0.361 e. The molecule has 0 unspecified atom stereocenters. The van der Waals surface area contributed by atoms with E-state index in [4.69, 9.17) is 5.73 Å². The fourth-order valence-electron chi connectivity index (χ4n) is 1.23. The van der Waals surface area contributed by atoms with Gasteiger partial charge in [0.2, 0.25) is 0 Å². The highest BCUT2D eigenvalue weighted by Gasteiger charge is 2.17. The van der Waals surface area contributed by atoms with Gasteiger partial charge in [-0.05, 0) is 19.4 Å². The zero-order valence-electron chi connectivity index (χ0n) is 6.80. The van der Waals surface area contributed by atoms with E-state index < -0.39 is 11.8 Å². The van der Waals surface area contributed by atoms with Crippen molar-refractivity contribution in [2.75, 3.05) is 13.1 Å². The van der Waals surface area contributed by atoms with Crippen LogP contribution in [0.2, 0.25) is 0 Å². The molecule has 1 heterocycles. The Morgan fingerprint density at radius 2 is 2.25 bits per heavy atom. The molecule has 1 saturated heterocycles. The molecular formula is C7H13N3O2. The normalized spacial score (nSPS) is 23.2. The zero-order chi connectivity index (χ0) is 8.97. The maximum absolute atomic E-state index is 10.8. The van der Waals surface area contributed by atoms with Gasteiger partial charge in [-0.2, -0.15) is 0 Å². The van der Waals surface area contributed by atoms with Crippen LogP contribution in [0.5, 0.6) is 0 Å². The van der Waals surface area contributed by atoms with Crippen molar-refractivity contribution in [3.63, 3.8) is 0 Å². The maximum atomic E-state index is 10.8. The average Bonchev–Trinajstić information content (AvgIpc) is 2.06. The first-order chi connectivity index (χ1) is 5.70. The van der Waals surface area contributed by atoms with Crippen molar-refractivity contribution in [2.45, 2.75) is 18.9 Å². The Morgan fingerprint density at radius 1 is 1.50 bits per heavy atom. The molecule has 12 heavy (non-hydrogen) atoms. The van der Waals surface area contributed by atoms with Gasteiger partial charge < -0.3 is 16.4 Å². The highest BCUT2D eigenvalue weighted by molar-refractivity contribution is 6.34. The second kappa shape index (κ2) is 4.06. The number of hydrogen-bond acceptors (Lipinski definition) is 3. The Kier molecular flexibility index (Phi) is 3.04. The minimum Gasteiger partial charge on any atom is -0.361 e. The van der Waals surface area contributed by atoms with Crippen molar-refractivity contribution >= 4 is 11.8 Å². The fraction of sp³-hybridized carbons (Fsp3) is 0.714. The van der Waals surface area contributed by atoms with Crippen molar-refractivity contribution in [3.05, 3.63) is 0 Å². The number of rotatable bonds is 1. The van der Waals surface area contributed by atoms with Gasteiger partial charge in [-0.25, -0.2) is 0 Å². The van der Waals surface area contributed by atoms with Crippen LogP contribution in [0, 0.1) is 0 Å². The van der Waals surface area contributed by atoms with Crippen LogP contribution in [-0.2, 0) is 9.59 Å².